The Hall–Kier alpha value is -2.67. The minimum absolute atomic E-state index is 0.0332. The van der Waals surface area contributed by atoms with Crippen LogP contribution in [0.4, 0.5) is 14.9 Å². The summed E-state index contributed by atoms with van der Waals surface area (Å²) in [6, 6.07) is 9.28. The Kier molecular flexibility index (Phi) is 5.79. The zero-order valence-electron chi connectivity index (χ0n) is 13.8. The third-order valence-electron chi connectivity index (χ3n) is 4.06. The van der Waals surface area contributed by atoms with Crippen LogP contribution >= 0.6 is 0 Å². The number of anilines is 1. The van der Waals surface area contributed by atoms with Crippen molar-refractivity contribution in [3.63, 3.8) is 0 Å². The van der Waals surface area contributed by atoms with Gasteiger partial charge in [-0.05, 0) is 36.4 Å². The molecule has 0 bridgehead atoms. The summed E-state index contributed by atoms with van der Waals surface area (Å²) in [7, 11) is 0. The average molecular weight is 344 g/mol. The van der Waals surface area contributed by atoms with Gasteiger partial charge in [-0.25, -0.2) is 9.18 Å². The predicted octanol–water partition coefficient (Wildman–Crippen LogP) is 2.50. The van der Waals surface area contributed by atoms with Crippen LogP contribution in [0.2, 0.25) is 0 Å². The van der Waals surface area contributed by atoms with E-state index >= 15 is 0 Å². The van der Waals surface area contributed by atoms with Gasteiger partial charge in [0.05, 0.1) is 12.8 Å². The number of carbonyl (C=O) groups is 1. The first kappa shape index (κ1) is 17.2. The van der Waals surface area contributed by atoms with E-state index in [-0.39, 0.29) is 17.9 Å². The number of halogens is 1. The lowest BCUT2D eigenvalue weighted by atomic mass is 10.1. The lowest BCUT2D eigenvalue weighted by Crippen LogP contribution is -2.55. The molecule has 3 rings (SSSR count). The maximum atomic E-state index is 13.0. The summed E-state index contributed by atoms with van der Waals surface area (Å²) in [5.41, 5.74) is 0.579. The number of rotatable bonds is 5. The molecule has 0 saturated carbocycles. The minimum Gasteiger partial charge on any atom is -0.492 e. The summed E-state index contributed by atoms with van der Waals surface area (Å²) in [6.07, 6.45) is 4.07. The first-order valence-corrected chi connectivity index (χ1v) is 8.29. The van der Waals surface area contributed by atoms with Crippen LogP contribution in [-0.4, -0.2) is 48.2 Å². The van der Waals surface area contributed by atoms with Crippen molar-refractivity contribution < 1.29 is 13.9 Å². The van der Waals surface area contributed by atoms with E-state index < -0.39 is 0 Å². The first-order valence-electron chi connectivity index (χ1n) is 8.29. The van der Waals surface area contributed by atoms with Gasteiger partial charge in [0.25, 0.3) is 0 Å². The van der Waals surface area contributed by atoms with Crippen LogP contribution in [0.1, 0.15) is 6.42 Å². The maximum Gasteiger partial charge on any atom is 0.322 e. The smallest absolute Gasteiger partial charge is 0.322 e. The SMILES string of the molecule is O=C(Nc1ccc(F)cc1)N1CCNCC1CCOc1cccnc1. The fourth-order valence-electron chi connectivity index (χ4n) is 2.76. The number of benzene rings is 1. The molecule has 132 valence electrons. The Balaban J connectivity index is 1.54. The zero-order chi connectivity index (χ0) is 17.5. The molecule has 1 saturated heterocycles. The summed E-state index contributed by atoms with van der Waals surface area (Å²) in [5, 5.41) is 6.12. The van der Waals surface area contributed by atoms with Crippen molar-refractivity contribution in [2.24, 2.45) is 0 Å². The van der Waals surface area contributed by atoms with Gasteiger partial charge in [0.1, 0.15) is 11.6 Å². The van der Waals surface area contributed by atoms with Gasteiger partial charge in [-0.1, -0.05) is 0 Å². The number of piperazine rings is 1. The van der Waals surface area contributed by atoms with Crippen molar-refractivity contribution in [3.05, 3.63) is 54.6 Å². The quantitative estimate of drug-likeness (QED) is 0.875. The van der Waals surface area contributed by atoms with Gasteiger partial charge >= 0.3 is 6.03 Å². The van der Waals surface area contributed by atoms with Gasteiger partial charge in [0, 0.05) is 44.0 Å². The second-order valence-corrected chi connectivity index (χ2v) is 5.81. The molecular weight excluding hydrogens is 323 g/mol. The molecule has 1 aliphatic rings. The summed E-state index contributed by atoms with van der Waals surface area (Å²) in [6.45, 7) is 2.58. The number of carbonyl (C=O) groups excluding carboxylic acids is 1. The second kappa shape index (κ2) is 8.43. The largest absolute Gasteiger partial charge is 0.492 e. The second-order valence-electron chi connectivity index (χ2n) is 5.81. The number of hydrogen-bond acceptors (Lipinski definition) is 4. The Labute approximate surface area is 146 Å². The lowest BCUT2D eigenvalue weighted by molar-refractivity contribution is 0.153. The molecule has 2 N–H and O–H groups in total. The van der Waals surface area contributed by atoms with E-state index in [9.17, 15) is 9.18 Å². The molecule has 1 aromatic carbocycles. The van der Waals surface area contributed by atoms with Crippen molar-refractivity contribution in [3.8, 4) is 5.75 Å². The molecule has 1 unspecified atom stereocenters. The van der Waals surface area contributed by atoms with Crippen LogP contribution in [0.5, 0.6) is 5.75 Å². The number of amides is 2. The molecule has 25 heavy (non-hydrogen) atoms. The summed E-state index contributed by atoms with van der Waals surface area (Å²) in [4.78, 5) is 18.3. The fraction of sp³-hybridized carbons (Fsp3) is 0.333. The highest BCUT2D eigenvalue weighted by Crippen LogP contribution is 2.14. The molecule has 2 amide bonds. The monoisotopic (exact) mass is 344 g/mol. The minimum atomic E-state index is -0.328. The van der Waals surface area contributed by atoms with Crippen LogP contribution in [0.15, 0.2) is 48.8 Å². The Morgan fingerprint density at radius 3 is 2.96 bits per heavy atom. The predicted molar refractivity (Wildman–Crippen MR) is 93.1 cm³/mol. The van der Waals surface area contributed by atoms with E-state index in [0.29, 0.717) is 37.6 Å². The van der Waals surface area contributed by atoms with Gasteiger partial charge in [-0.2, -0.15) is 0 Å². The van der Waals surface area contributed by atoms with E-state index in [4.69, 9.17) is 4.74 Å². The molecule has 1 fully saturated rings. The van der Waals surface area contributed by atoms with Gasteiger partial charge < -0.3 is 20.3 Å². The third-order valence-corrected chi connectivity index (χ3v) is 4.06. The highest BCUT2D eigenvalue weighted by atomic mass is 19.1. The number of ether oxygens (including phenoxy) is 1. The third kappa shape index (κ3) is 4.90. The number of aromatic nitrogens is 1. The number of urea groups is 1. The topological polar surface area (TPSA) is 66.5 Å². The van der Waals surface area contributed by atoms with Crippen molar-refractivity contribution in [1.82, 2.24) is 15.2 Å². The van der Waals surface area contributed by atoms with Gasteiger partial charge in [-0.3, -0.25) is 4.98 Å². The van der Waals surface area contributed by atoms with E-state index in [0.717, 1.165) is 6.54 Å². The van der Waals surface area contributed by atoms with Crippen LogP contribution < -0.4 is 15.4 Å². The van der Waals surface area contributed by atoms with Crippen LogP contribution in [0.3, 0.4) is 0 Å². The molecule has 2 heterocycles. The number of pyridine rings is 1. The number of nitrogens with one attached hydrogen (secondary N) is 2. The summed E-state index contributed by atoms with van der Waals surface area (Å²) in [5.74, 6) is 0.388. The van der Waals surface area contributed by atoms with Crippen molar-refractivity contribution in [2.75, 3.05) is 31.6 Å². The van der Waals surface area contributed by atoms with E-state index in [2.05, 4.69) is 15.6 Å². The van der Waals surface area contributed by atoms with Gasteiger partial charge in [0.15, 0.2) is 0 Å². The summed E-state index contributed by atoms with van der Waals surface area (Å²) >= 11 is 0. The molecule has 1 aromatic heterocycles. The zero-order valence-corrected chi connectivity index (χ0v) is 13.8. The Bertz CT molecular complexity index is 681. The maximum absolute atomic E-state index is 13.0. The van der Waals surface area contributed by atoms with E-state index in [1.165, 1.54) is 12.1 Å². The molecule has 0 spiro atoms. The first-order chi connectivity index (χ1) is 12.2. The van der Waals surface area contributed by atoms with Crippen LogP contribution in [0.25, 0.3) is 0 Å². The molecular formula is C18H21FN4O2. The molecule has 1 atom stereocenters. The highest BCUT2D eigenvalue weighted by Gasteiger charge is 2.26. The van der Waals surface area contributed by atoms with E-state index in [1.54, 1.807) is 29.4 Å². The van der Waals surface area contributed by atoms with Crippen molar-refractivity contribution >= 4 is 11.7 Å². The normalized spacial score (nSPS) is 17.2. The molecule has 0 radical (unpaired) electrons. The van der Waals surface area contributed by atoms with Gasteiger partial charge in [-0.15, -0.1) is 0 Å². The molecule has 0 aliphatic carbocycles. The highest BCUT2D eigenvalue weighted by molar-refractivity contribution is 5.89. The summed E-state index contributed by atoms with van der Waals surface area (Å²) < 4.78 is 18.6. The molecule has 1 aliphatic heterocycles. The average Bonchev–Trinajstić information content (AvgIpc) is 2.65. The number of hydrogen-bond donors (Lipinski definition) is 2. The molecule has 7 heteroatoms. The van der Waals surface area contributed by atoms with Gasteiger partial charge in [0.2, 0.25) is 0 Å². The van der Waals surface area contributed by atoms with Crippen LogP contribution in [0, 0.1) is 5.82 Å². The Morgan fingerprint density at radius 1 is 1.36 bits per heavy atom. The standard InChI is InChI=1S/C18H21FN4O2/c19-14-3-5-15(6-4-14)22-18(24)23-10-9-21-12-16(23)7-11-25-17-2-1-8-20-13-17/h1-6,8,13,16,21H,7,9-12H2,(H,22,24). The molecule has 2 aromatic rings. The lowest BCUT2D eigenvalue weighted by Gasteiger charge is -2.36. The number of nitrogens with zero attached hydrogens (tertiary/aromatic N) is 2. The fourth-order valence-corrected chi connectivity index (χ4v) is 2.76. The molecule has 6 nitrogen and oxygen atoms in total. The Morgan fingerprint density at radius 2 is 2.20 bits per heavy atom. The van der Waals surface area contributed by atoms with Crippen LogP contribution in [-0.2, 0) is 0 Å². The van der Waals surface area contributed by atoms with E-state index in [1.807, 2.05) is 12.1 Å². The van der Waals surface area contributed by atoms with Crippen molar-refractivity contribution in [1.29, 1.82) is 0 Å². The van der Waals surface area contributed by atoms with Crippen molar-refractivity contribution in [2.45, 2.75) is 12.5 Å².